The van der Waals surface area contributed by atoms with Crippen LogP contribution < -0.4 is 0 Å². The van der Waals surface area contributed by atoms with Crippen molar-refractivity contribution in [3.05, 3.63) is 42.5 Å². The van der Waals surface area contributed by atoms with Gasteiger partial charge in [0.05, 0.1) is 0 Å². The first-order chi connectivity index (χ1) is 11.2. The minimum absolute atomic E-state index is 0.172. The molecule has 3 heterocycles. The van der Waals surface area contributed by atoms with Crippen molar-refractivity contribution in [1.82, 2.24) is 14.5 Å². The smallest absolute Gasteiger partial charge is 0.270 e. The van der Waals surface area contributed by atoms with Crippen molar-refractivity contribution in [3.63, 3.8) is 0 Å². The second-order valence-electron chi connectivity index (χ2n) is 6.54. The molecule has 0 spiro atoms. The average Bonchev–Trinajstić information content (AvgIpc) is 2.99. The van der Waals surface area contributed by atoms with E-state index in [1.165, 1.54) is 6.42 Å². The second-order valence-corrected chi connectivity index (χ2v) is 6.54. The van der Waals surface area contributed by atoms with Crippen LogP contribution in [0.15, 0.2) is 36.8 Å². The fourth-order valence-corrected chi connectivity index (χ4v) is 3.35. The Balaban J connectivity index is 1.90. The summed E-state index contributed by atoms with van der Waals surface area (Å²) >= 11 is 0. The van der Waals surface area contributed by atoms with Gasteiger partial charge in [0.1, 0.15) is 5.69 Å². The van der Waals surface area contributed by atoms with Crippen LogP contribution in [0.3, 0.4) is 0 Å². The Morgan fingerprint density at radius 2 is 2.09 bits per heavy atom. The zero-order valence-corrected chi connectivity index (χ0v) is 14.0. The second kappa shape index (κ2) is 6.99. The lowest BCUT2D eigenvalue weighted by molar-refractivity contribution is 0.0672. The molecule has 1 saturated heterocycles. The molecule has 1 aliphatic heterocycles. The van der Waals surface area contributed by atoms with Crippen molar-refractivity contribution in [3.8, 4) is 11.1 Å². The first-order valence-corrected chi connectivity index (χ1v) is 8.59. The lowest BCUT2D eigenvalue weighted by atomic mass is 10.00. The van der Waals surface area contributed by atoms with Crippen LogP contribution in [0, 0.1) is 5.92 Å². The summed E-state index contributed by atoms with van der Waals surface area (Å²) in [6.45, 7) is 7.00. The fourth-order valence-electron chi connectivity index (χ4n) is 3.35. The molecular formula is C19H25N3O. The number of carbonyl (C=O) groups is 1. The molecule has 1 amide bonds. The highest BCUT2D eigenvalue weighted by Gasteiger charge is 2.24. The molecule has 0 radical (unpaired) electrons. The molecule has 122 valence electrons. The molecular weight excluding hydrogens is 286 g/mol. The Kier molecular flexibility index (Phi) is 4.79. The Hall–Kier alpha value is -2.10. The maximum absolute atomic E-state index is 13.0. The number of piperidine rings is 1. The van der Waals surface area contributed by atoms with Gasteiger partial charge in [0, 0.05) is 43.8 Å². The quantitative estimate of drug-likeness (QED) is 0.860. The van der Waals surface area contributed by atoms with Gasteiger partial charge in [0.2, 0.25) is 0 Å². The van der Waals surface area contributed by atoms with Gasteiger partial charge in [-0.15, -0.1) is 0 Å². The van der Waals surface area contributed by atoms with Crippen molar-refractivity contribution in [2.24, 2.45) is 5.92 Å². The summed E-state index contributed by atoms with van der Waals surface area (Å²) < 4.78 is 2.11. The van der Waals surface area contributed by atoms with E-state index in [0.717, 1.165) is 49.3 Å². The standard InChI is InChI=1S/C19H25N3O/c1-3-10-21-14-17(16-6-8-20-9-7-16)12-18(21)19(23)22-11-4-5-15(2)13-22/h6-9,12,14-15H,3-5,10-11,13H2,1-2H3/t15-/m0/s1. The van der Waals surface area contributed by atoms with Gasteiger partial charge < -0.3 is 9.47 Å². The molecule has 0 N–H and O–H groups in total. The molecule has 2 aromatic rings. The van der Waals surface area contributed by atoms with E-state index in [1.807, 2.05) is 23.1 Å². The van der Waals surface area contributed by atoms with E-state index in [2.05, 4.69) is 29.6 Å². The SMILES string of the molecule is CCCn1cc(-c2ccncc2)cc1C(=O)N1CCC[C@H](C)C1. The van der Waals surface area contributed by atoms with Crippen LogP contribution >= 0.6 is 0 Å². The van der Waals surface area contributed by atoms with Gasteiger partial charge in [-0.25, -0.2) is 0 Å². The van der Waals surface area contributed by atoms with Gasteiger partial charge in [-0.3, -0.25) is 9.78 Å². The van der Waals surface area contributed by atoms with Gasteiger partial charge in [-0.2, -0.15) is 0 Å². The third kappa shape index (κ3) is 3.46. The minimum Gasteiger partial charge on any atom is -0.343 e. The molecule has 3 rings (SSSR count). The lowest BCUT2D eigenvalue weighted by Crippen LogP contribution is -2.39. The van der Waals surface area contributed by atoms with Crippen LogP contribution in [-0.2, 0) is 6.54 Å². The normalized spacial score (nSPS) is 18.2. The van der Waals surface area contributed by atoms with Gasteiger partial charge in [0.25, 0.3) is 5.91 Å². The first-order valence-electron chi connectivity index (χ1n) is 8.59. The van der Waals surface area contributed by atoms with E-state index in [1.54, 1.807) is 12.4 Å². The summed E-state index contributed by atoms with van der Waals surface area (Å²) in [7, 11) is 0. The number of aryl methyl sites for hydroxylation is 1. The number of rotatable bonds is 4. The summed E-state index contributed by atoms with van der Waals surface area (Å²) in [6, 6.07) is 6.01. The monoisotopic (exact) mass is 311 g/mol. The molecule has 1 aliphatic rings. The number of nitrogens with zero attached hydrogens (tertiary/aromatic N) is 3. The summed E-state index contributed by atoms with van der Waals surface area (Å²) in [5, 5.41) is 0. The summed E-state index contributed by atoms with van der Waals surface area (Å²) in [5.74, 6) is 0.771. The van der Waals surface area contributed by atoms with Crippen molar-refractivity contribution in [2.75, 3.05) is 13.1 Å². The maximum atomic E-state index is 13.0. The molecule has 4 heteroatoms. The predicted octanol–water partition coefficient (Wildman–Crippen LogP) is 3.83. The number of pyridine rings is 1. The van der Waals surface area contributed by atoms with Crippen LogP contribution in [0.1, 0.15) is 43.6 Å². The first kappa shape index (κ1) is 15.8. The van der Waals surface area contributed by atoms with Gasteiger partial charge in [0.15, 0.2) is 0 Å². The van der Waals surface area contributed by atoms with Crippen molar-refractivity contribution in [1.29, 1.82) is 0 Å². The highest BCUT2D eigenvalue weighted by atomic mass is 16.2. The molecule has 4 nitrogen and oxygen atoms in total. The zero-order valence-electron chi connectivity index (χ0n) is 14.0. The van der Waals surface area contributed by atoms with E-state index in [-0.39, 0.29) is 5.91 Å². The molecule has 0 saturated carbocycles. The highest BCUT2D eigenvalue weighted by Crippen LogP contribution is 2.24. The molecule has 1 atom stereocenters. The van der Waals surface area contributed by atoms with Gasteiger partial charge in [-0.05, 0) is 48.9 Å². The Morgan fingerprint density at radius 3 is 2.78 bits per heavy atom. The van der Waals surface area contributed by atoms with Crippen LogP contribution in [0.2, 0.25) is 0 Å². The van der Waals surface area contributed by atoms with Crippen LogP contribution in [0.4, 0.5) is 0 Å². The minimum atomic E-state index is 0.172. The Labute approximate surface area is 138 Å². The number of hydrogen-bond donors (Lipinski definition) is 0. The van der Waals surface area contributed by atoms with Crippen LogP contribution in [0.5, 0.6) is 0 Å². The van der Waals surface area contributed by atoms with E-state index in [0.29, 0.717) is 5.92 Å². The average molecular weight is 311 g/mol. The summed E-state index contributed by atoms with van der Waals surface area (Å²) in [5.41, 5.74) is 3.01. The van der Waals surface area contributed by atoms with Gasteiger partial charge in [-0.1, -0.05) is 13.8 Å². The van der Waals surface area contributed by atoms with Crippen LogP contribution in [-0.4, -0.2) is 33.4 Å². The summed E-state index contributed by atoms with van der Waals surface area (Å²) in [4.78, 5) is 19.1. The highest BCUT2D eigenvalue weighted by molar-refractivity contribution is 5.94. The topological polar surface area (TPSA) is 38.1 Å². The molecule has 23 heavy (non-hydrogen) atoms. The zero-order chi connectivity index (χ0) is 16.2. The predicted molar refractivity (Wildman–Crippen MR) is 92.3 cm³/mol. The third-order valence-corrected chi connectivity index (χ3v) is 4.54. The number of carbonyl (C=O) groups excluding carboxylic acids is 1. The Bertz CT molecular complexity index is 663. The molecule has 0 aromatic carbocycles. The Morgan fingerprint density at radius 1 is 1.30 bits per heavy atom. The van der Waals surface area contributed by atoms with Crippen LogP contribution in [0.25, 0.3) is 11.1 Å². The van der Waals surface area contributed by atoms with Crippen molar-refractivity contribution < 1.29 is 4.79 Å². The van der Waals surface area contributed by atoms with Crippen molar-refractivity contribution in [2.45, 2.75) is 39.7 Å². The molecule has 2 aromatic heterocycles. The summed E-state index contributed by atoms with van der Waals surface area (Å²) in [6.07, 6.45) is 9.03. The number of likely N-dealkylation sites (tertiary alicyclic amines) is 1. The van der Waals surface area contributed by atoms with Crippen molar-refractivity contribution >= 4 is 5.91 Å². The van der Waals surface area contributed by atoms with E-state index >= 15 is 0 Å². The molecule has 1 fully saturated rings. The molecule has 0 aliphatic carbocycles. The molecule has 0 bridgehead atoms. The van der Waals surface area contributed by atoms with E-state index in [9.17, 15) is 4.79 Å². The third-order valence-electron chi connectivity index (χ3n) is 4.54. The number of aromatic nitrogens is 2. The number of amides is 1. The largest absolute Gasteiger partial charge is 0.343 e. The number of hydrogen-bond acceptors (Lipinski definition) is 2. The van der Waals surface area contributed by atoms with E-state index < -0.39 is 0 Å². The van der Waals surface area contributed by atoms with Gasteiger partial charge >= 0.3 is 0 Å². The molecule has 0 unspecified atom stereocenters. The maximum Gasteiger partial charge on any atom is 0.270 e. The lowest BCUT2D eigenvalue weighted by Gasteiger charge is -2.31. The fraction of sp³-hybridized carbons (Fsp3) is 0.474. The van der Waals surface area contributed by atoms with E-state index in [4.69, 9.17) is 0 Å².